The van der Waals surface area contributed by atoms with E-state index in [0.717, 1.165) is 30.4 Å². The predicted molar refractivity (Wildman–Crippen MR) is 64.6 cm³/mol. The Bertz CT molecular complexity index is 323. The average molecular weight is 270 g/mol. The maximum Gasteiger partial charge on any atom is 0.0546 e. The van der Waals surface area contributed by atoms with Crippen molar-refractivity contribution in [2.24, 2.45) is 5.92 Å². The summed E-state index contributed by atoms with van der Waals surface area (Å²) < 4.78 is 1.13. The summed E-state index contributed by atoms with van der Waals surface area (Å²) in [6.45, 7) is 1.93. The Hall–Kier alpha value is -0.380. The maximum atomic E-state index is 9.14. The molecule has 0 atom stereocenters. The molecule has 1 aliphatic carbocycles. The van der Waals surface area contributed by atoms with Crippen LogP contribution in [0, 0.1) is 5.92 Å². The third-order valence-electron chi connectivity index (χ3n) is 2.86. The van der Waals surface area contributed by atoms with Gasteiger partial charge in [0.05, 0.1) is 6.10 Å². The summed E-state index contributed by atoms with van der Waals surface area (Å²) in [5.74, 6) is 0.673. The van der Waals surface area contributed by atoms with Gasteiger partial charge in [0, 0.05) is 11.0 Å². The Morgan fingerprint density at radius 3 is 2.87 bits per heavy atom. The van der Waals surface area contributed by atoms with Crippen molar-refractivity contribution in [3.63, 3.8) is 0 Å². The van der Waals surface area contributed by atoms with E-state index < -0.39 is 0 Å². The van der Waals surface area contributed by atoms with Gasteiger partial charge in [-0.3, -0.25) is 0 Å². The van der Waals surface area contributed by atoms with Crippen LogP contribution in [0.3, 0.4) is 0 Å². The highest BCUT2D eigenvalue weighted by atomic mass is 79.9. The van der Waals surface area contributed by atoms with Crippen LogP contribution in [0.4, 0.5) is 0 Å². The molecule has 0 heterocycles. The molecule has 15 heavy (non-hydrogen) atoms. The molecule has 1 aromatic rings. The van der Waals surface area contributed by atoms with E-state index in [0.29, 0.717) is 5.92 Å². The summed E-state index contributed by atoms with van der Waals surface area (Å²) >= 11 is 3.45. The van der Waals surface area contributed by atoms with Crippen molar-refractivity contribution >= 4 is 15.9 Å². The summed E-state index contributed by atoms with van der Waals surface area (Å²) in [5.41, 5.74) is 1.30. The monoisotopic (exact) mass is 269 g/mol. The smallest absolute Gasteiger partial charge is 0.0546 e. The van der Waals surface area contributed by atoms with Gasteiger partial charge in [0.25, 0.3) is 0 Å². The zero-order valence-electron chi connectivity index (χ0n) is 8.62. The molecular formula is C12H16BrNO. The maximum absolute atomic E-state index is 9.14. The lowest BCUT2D eigenvalue weighted by molar-refractivity contribution is 0.0430. The molecule has 0 aliphatic heterocycles. The molecule has 0 bridgehead atoms. The van der Waals surface area contributed by atoms with Crippen LogP contribution in [-0.2, 0) is 6.54 Å². The summed E-state index contributed by atoms with van der Waals surface area (Å²) in [6, 6.07) is 8.33. The van der Waals surface area contributed by atoms with Gasteiger partial charge in [0.15, 0.2) is 0 Å². The topological polar surface area (TPSA) is 32.3 Å². The van der Waals surface area contributed by atoms with E-state index in [9.17, 15) is 0 Å². The highest BCUT2D eigenvalue weighted by molar-refractivity contribution is 9.10. The fourth-order valence-electron chi connectivity index (χ4n) is 1.93. The number of hydrogen-bond donors (Lipinski definition) is 2. The first-order chi connectivity index (χ1) is 7.24. The third kappa shape index (κ3) is 3.30. The first-order valence-electron chi connectivity index (χ1n) is 5.37. The molecule has 1 saturated carbocycles. The molecule has 0 amide bonds. The second kappa shape index (κ2) is 5.10. The van der Waals surface area contributed by atoms with Gasteiger partial charge >= 0.3 is 0 Å². The number of aliphatic hydroxyl groups excluding tert-OH is 1. The second-order valence-corrected chi connectivity index (χ2v) is 5.17. The lowest BCUT2D eigenvalue weighted by Crippen LogP contribution is -2.35. The van der Waals surface area contributed by atoms with Crippen LogP contribution >= 0.6 is 15.9 Å². The molecule has 2 N–H and O–H groups in total. The standard InChI is InChI=1S/C12H16BrNO/c13-11-3-1-2-9(4-11)7-14-8-10-5-12(15)6-10/h1-4,10,12,14-15H,5-8H2. The van der Waals surface area contributed by atoms with Gasteiger partial charge in [-0.15, -0.1) is 0 Å². The lowest BCUT2D eigenvalue weighted by atomic mass is 9.82. The SMILES string of the molecule is OC1CC(CNCc2cccc(Br)c2)C1. The molecular weight excluding hydrogens is 254 g/mol. The first kappa shape index (κ1) is 11.1. The van der Waals surface area contributed by atoms with Crippen LogP contribution in [0.5, 0.6) is 0 Å². The molecule has 3 heteroatoms. The van der Waals surface area contributed by atoms with Crippen LogP contribution in [-0.4, -0.2) is 17.8 Å². The molecule has 0 saturated heterocycles. The number of rotatable bonds is 4. The predicted octanol–water partition coefficient (Wildman–Crippen LogP) is 2.31. The number of nitrogens with one attached hydrogen (secondary N) is 1. The van der Waals surface area contributed by atoms with E-state index in [1.807, 2.05) is 12.1 Å². The Morgan fingerprint density at radius 1 is 1.40 bits per heavy atom. The highest BCUT2D eigenvalue weighted by Crippen LogP contribution is 2.26. The van der Waals surface area contributed by atoms with Crippen molar-refractivity contribution in [3.05, 3.63) is 34.3 Å². The Morgan fingerprint density at radius 2 is 2.20 bits per heavy atom. The van der Waals surface area contributed by atoms with Crippen molar-refractivity contribution < 1.29 is 5.11 Å². The zero-order valence-corrected chi connectivity index (χ0v) is 10.2. The van der Waals surface area contributed by atoms with Gasteiger partial charge in [-0.2, -0.15) is 0 Å². The van der Waals surface area contributed by atoms with Crippen LogP contribution in [0.1, 0.15) is 18.4 Å². The molecule has 2 nitrogen and oxygen atoms in total. The number of aliphatic hydroxyl groups is 1. The molecule has 2 rings (SSSR count). The summed E-state index contributed by atoms with van der Waals surface area (Å²) in [4.78, 5) is 0. The number of halogens is 1. The first-order valence-corrected chi connectivity index (χ1v) is 6.16. The van der Waals surface area contributed by atoms with E-state index in [2.05, 4.69) is 33.4 Å². The lowest BCUT2D eigenvalue weighted by Gasteiger charge is -2.31. The van der Waals surface area contributed by atoms with E-state index in [4.69, 9.17) is 5.11 Å². The van der Waals surface area contributed by atoms with Gasteiger partial charge in [0.1, 0.15) is 0 Å². The van der Waals surface area contributed by atoms with Gasteiger partial charge in [-0.05, 0) is 43.0 Å². The van der Waals surface area contributed by atoms with Crippen LogP contribution in [0.15, 0.2) is 28.7 Å². The quantitative estimate of drug-likeness (QED) is 0.880. The molecule has 82 valence electrons. The zero-order chi connectivity index (χ0) is 10.7. The van der Waals surface area contributed by atoms with Crippen molar-refractivity contribution in [3.8, 4) is 0 Å². The molecule has 1 aromatic carbocycles. The van der Waals surface area contributed by atoms with Crippen LogP contribution < -0.4 is 5.32 Å². The molecule has 1 fully saturated rings. The Balaban J connectivity index is 1.69. The molecule has 0 unspecified atom stereocenters. The van der Waals surface area contributed by atoms with Crippen molar-refractivity contribution in [1.82, 2.24) is 5.32 Å². The van der Waals surface area contributed by atoms with Gasteiger partial charge in [0.2, 0.25) is 0 Å². The van der Waals surface area contributed by atoms with Gasteiger partial charge in [-0.1, -0.05) is 28.1 Å². The molecule has 0 radical (unpaired) electrons. The number of benzene rings is 1. The van der Waals surface area contributed by atoms with Crippen molar-refractivity contribution in [1.29, 1.82) is 0 Å². The van der Waals surface area contributed by atoms with E-state index in [1.165, 1.54) is 5.56 Å². The molecule has 0 spiro atoms. The Kier molecular flexibility index (Phi) is 3.78. The van der Waals surface area contributed by atoms with Gasteiger partial charge in [-0.25, -0.2) is 0 Å². The van der Waals surface area contributed by atoms with Crippen LogP contribution in [0.2, 0.25) is 0 Å². The fourth-order valence-corrected chi connectivity index (χ4v) is 2.38. The molecule has 1 aliphatic rings. The minimum Gasteiger partial charge on any atom is -0.393 e. The second-order valence-electron chi connectivity index (χ2n) is 4.25. The fraction of sp³-hybridized carbons (Fsp3) is 0.500. The van der Waals surface area contributed by atoms with E-state index in [1.54, 1.807) is 0 Å². The van der Waals surface area contributed by atoms with Gasteiger partial charge < -0.3 is 10.4 Å². The largest absolute Gasteiger partial charge is 0.393 e. The normalized spacial score (nSPS) is 24.9. The van der Waals surface area contributed by atoms with E-state index >= 15 is 0 Å². The highest BCUT2D eigenvalue weighted by Gasteiger charge is 2.26. The molecule has 0 aromatic heterocycles. The Labute approximate surface area is 98.8 Å². The summed E-state index contributed by atoms with van der Waals surface area (Å²) in [5, 5.41) is 12.6. The summed E-state index contributed by atoms with van der Waals surface area (Å²) in [7, 11) is 0. The van der Waals surface area contributed by atoms with E-state index in [-0.39, 0.29) is 6.10 Å². The minimum atomic E-state index is -0.0392. The third-order valence-corrected chi connectivity index (χ3v) is 3.36. The van der Waals surface area contributed by atoms with Crippen molar-refractivity contribution in [2.75, 3.05) is 6.54 Å². The minimum absolute atomic E-state index is 0.0392. The van der Waals surface area contributed by atoms with Crippen molar-refractivity contribution in [2.45, 2.75) is 25.5 Å². The van der Waals surface area contributed by atoms with Crippen LogP contribution in [0.25, 0.3) is 0 Å². The average Bonchev–Trinajstić information content (AvgIpc) is 2.15. The number of hydrogen-bond acceptors (Lipinski definition) is 2. The summed E-state index contributed by atoms with van der Waals surface area (Å²) in [6.07, 6.45) is 1.89.